The molecule has 2 heterocycles. The average Bonchev–Trinajstić information content (AvgIpc) is 2.74. The van der Waals surface area contributed by atoms with E-state index in [2.05, 4.69) is 20.6 Å². The van der Waals surface area contributed by atoms with Crippen molar-refractivity contribution >= 4 is 23.4 Å². The SMILES string of the molecule is CCOC(=O)c1ccc(NC(=O)c2ccnc(NCc3ccccn3)c2)cc1. The van der Waals surface area contributed by atoms with Crippen LogP contribution in [0, 0.1) is 0 Å². The molecule has 0 bridgehead atoms. The van der Waals surface area contributed by atoms with Crippen molar-refractivity contribution in [3.63, 3.8) is 0 Å². The van der Waals surface area contributed by atoms with Crippen LogP contribution in [0.5, 0.6) is 0 Å². The van der Waals surface area contributed by atoms with Crippen LogP contribution in [0.2, 0.25) is 0 Å². The Bertz CT molecular complexity index is 943. The second-order valence-electron chi connectivity index (χ2n) is 5.86. The van der Waals surface area contributed by atoms with E-state index in [0.717, 1.165) is 5.69 Å². The fraction of sp³-hybridized carbons (Fsp3) is 0.143. The molecular weight excluding hydrogens is 356 g/mol. The maximum absolute atomic E-state index is 12.5. The number of nitrogens with one attached hydrogen (secondary N) is 2. The number of aromatic nitrogens is 2. The van der Waals surface area contributed by atoms with Gasteiger partial charge in [-0.3, -0.25) is 9.78 Å². The summed E-state index contributed by atoms with van der Waals surface area (Å²) >= 11 is 0. The topological polar surface area (TPSA) is 93.2 Å². The second kappa shape index (κ2) is 9.27. The van der Waals surface area contributed by atoms with Gasteiger partial charge < -0.3 is 15.4 Å². The number of amides is 1. The smallest absolute Gasteiger partial charge is 0.338 e. The van der Waals surface area contributed by atoms with Gasteiger partial charge in [-0.25, -0.2) is 9.78 Å². The van der Waals surface area contributed by atoms with Gasteiger partial charge in [0.1, 0.15) is 5.82 Å². The fourth-order valence-corrected chi connectivity index (χ4v) is 2.46. The van der Waals surface area contributed by atoms with Crippen molar-refractivity contribution in [2.75, 3.05) is 17.2 Å². The van der Waals surface area contributed by atoms with Gasteiger partial charge in [0, 0.05) is 23.6 Å². The molecule has 142 valence electrons. The number of anilines is 2. The predicted molar refractivity (Wildman–Crippen MR) is 106 cm³/mol. The average molecular weight is 376 g/mol. The van der Waals surface area contributed by atoms with Crippen LogP contribution in [0.25, 0.3) is 0 Å². The van der Waals surface area contributed by atoms with Crippen molar-refractivity contribution in [3.8, 4) is 0 Å². The number of esters is 1. The molecule has 0 aliphatic heterocycles. The molecule has 2 aromatic heterocycles. The zero-order valence-corrected chi connectivity index (χ0v) is 15.4. The van der Waals surface area contributed by atoms with E-state index in [4.69, 9.17) is 4.74 Å². The van der Waals surface area contributed by atoms with E-state index in [1.807, 2.05) is 18.2 Å². The molecule has 0 unspecified atom stereocenters. The number of carbonyl (C=O) groups excluding carboxylic acids is 2. The summed E-state index contributed by atoms with van der Waals surface area (Å²) in [5, 5.41) is 5.95. The Labute approximate surface area is 162 Å². The van der Waals surface area contributed by atoms with Crippen LogP contribution in [0.1, 0.15) is 33.3 Å². The van der Waals surface area contributed by atoms with Crippen LogP contribution in [0.4, 0.5) is 11.5 Å². The largest absolute Gasteiger partial charge is 0.462 e. The van der Waals surface area contributed by atoms with Crippen LogP contribution in [0.3, 0.4) is 0 Å². The molecule has 0 aliphatic rings. The first kappa shape index (κ1) is 19.0. The second-order valence-corrected chi connectivity index (χ2v) is 5.86. The monoisotopic (exact) mass is 376 g/mol. The molecule has 1 aromatic carbocycles. The summed E-state index contributed by atoms with van der Waals surface area (Å²) in [6.07, 6.45) is 3.29. The van der Waals surface area contributed by atoms with Crippen molar-refractivity contribution in [3.05, 3.63) is 83.8 Å². The van der Waals surface area contributed by atoms with Crippen molar-refractivity contribution in [1.82, 2.24) is 9.97 Å². The lowest BCUT2D eigenvalue weighted by atomic mass is 10.2. The highest BCUT2D eigenvalue weighted by atomic mass is 16.5. The van der Waals surface area contributed by atoms with Gasteiger partial charge in [-0.1, -0.05) is 6.07 Å². The first-order valence-corrected chi connectivity index (χ1v) is 8.84. The first-order chi connectivity index (χ1) is 13.7. The predicted octanol–water partition coefficient (Wildman–Crippen LogP) is 3.52. The van der Waals surface area contributed by atoms with Crippen LogP contribution < -0.4 is 10.6 Å². The van der Waals surface area contributed by atoms with Crippen molar-refractivity contribution in [2.45, 2.75) is 13.5 Å². The molecule has 0 spiro atoms. The van der Waals surface area contributed by atoms with Gasteiger partial charge in [0.15, 0.2) is 0 Å². The van der Waals surface area contributed by atoms with Crippen LogP contribution in [0.15, 0.2) is 67.0 Å². The molecule has 3 rings (SSSR count). The summed E-state index contributed by atoms with van der Waals surface area (Å²) in [7, 11) is 0. The lowest BCUT2D eigenvalue weighted by Gasteiger charge is -2.09. The van der Waals surface area contributed by atoms with Gasteiger partial charge in [0.2, 0.25) is 0 Å². The highest BCUT2D eigenvalue weighted by molar-refractivity contribution is 6.04. The lowest BCUT2D eigenvalue weighted by molar-refractivity contribution is 0.0526. The molecule has 3 aromatic rings. The third kappa shape index (κ3) is 5.14. The Morgan fingerprint density at radius 3 is 2.50 bits per heavy atom. The molecule has 0 aliphatic carbocycles. The van der Waals surface area contributed by atoms with Gasteiger partial charge in [-0.15, -0.1) is 0 Å². The number of carbonyl (C=O) groups is 2. The number of hydrogen-bond acceptors (Lipinski definition) is 6. The van der Waals surface area contributed by atoms with Gasteiger partial charge in [0.05, 0.1) is 24.4 Å². The molecule has 2 N–H and O–H groups in total. The number of nitrogens with zero attached hydrogens (tertiary/aromatic N) is 2. The molecule has 1 amide bonds. The Balaban J connectivity index is 1.62. The van der Waals surface area contributed by atoms with E-state index in [9.17, 15) is 9.59 Å². The summed E-state index contributed by atoms with van der Waals surface area (Å²) in [6.45, 7) is 2.57. The van der Waals surface area contributed by atoms with Crippen LogP contribution in [-0.2, 0) is 11.3 Å². The number of ether oxygens (including phenoxy) is 1. The molecule has 0 radical (unpaired) electrons. The molecule has 0 saturated carbocycles. The van der Waals surface area contributed by atoms with E-state index in [1.165, 1.54) is 0 Å². The summed E-state index contributed by atoms with van der Waals surface area (Å²) < 4.78 is 4.94. The Morgan fingerprint density at radius 1 is 0.964 bits per heavy atom. The van der Waals surface area contributed by atoms with Crippen molar-refractivity contribution in [2.24, 2.45) is 0 Å². The molecule has 28 heavy (non-hydrogen) atoms. The summed E-state index contributed by atoms with van der Waals surface area (Å²) in [5.74, 6) is -0.0822. The molecule has 7 heteroatoms. The number of hydrogen-bond donors (Lipinski definition) is 2. The maximum atomic E-state index is 12.5. The molecule has 0 atom stereocenters. The Morgan fingerprint density at radius 2 is 1.79 bits per heavy atom. The van der Waals surface area contributed by atoms with Gasteiger partial charge in [-0.2, -0.15) is 0 Å². The Hall–Kier alpha value is -3.74. The van der Waals surface area contributed by atoms with Crippen LogP contribution in [-0.4, -0.2) is 28.5 Å². The zero-order chi connectivity index (χ0) is 19.8. The van der Waals surface area contributed by atoms with E-state index < -0.39 is 5.97 Å². The van der Waals surface area contributed by atoms with E-state index in [0.29, 0.717) is 35.8 Å². The Kier molecular flexibility index (Phi) is 6.30. The quantitative estimate of drug-likeness (QED) is 0.613. The van der Waals surface area contributed by atoms with Crippen molar-refractivity contribution in [1.29, 1.82) is 0 Å². The number of pyridine rings is 2. The van der Waals surface area contributed by atoms with E-state index >= 15 is 0 Å². The summed E-state index contributed by atoms with van der Waals surface area (Å²) in [5.41, 5.74) is 2.36. The third-order valence-corrected chi connectivity index (χ3v) is 3.85. The maximum Gasteiger partial charge on any atom is 0.338 e. The third-order valence-electron chi connectivity index (χ3n) is 3.85. The molecule has 0 saturated heterocycles. The van der Waals surface area contributed by atoms with Crippen LogP contribution >= 0.6 is 0 Å². The van der Waals surface area contributed by atoms with E-state index in [-0.39, 0.29) is 5.91 Å². The molecule has 7 nitrogen and oxygen atoms in total. The van der Waals surface area contributed by atoms with Gasteiger partial charge in [0.25, 0.3) is 5.91 Å². The lowest BCUT2D eigenvalue weighted by Crippen LogP contribution is -2.13. The van der Waals surface area contributed by atoms with Gasteiger partial charge in [-0.05, 0) is 55.5 Å². The number of benzene rings is 1. The van der Waals surface area contributed by atoms with Gasteiger partial charge >= 0.3 is 5.97 Å². The summed E-state index contributed by atoms with van der Waals surface area (Å²) in [6, 6.07) is 15.5. The highest BCUT2D eigenvalue weighted by Gasteiger charge is 2.10. The normalized spacial score (nSPS) is 10.2. The molecule has 0 fully saturated rings. The van der Waals surface area contributed by atoms with Crippen molar-refractivity contribution < 1.29 is 14.3 Å². The molecular formula is C21H20N4O3. The standard InChI is InChI=1S/C21H20N4O3/c1-2-28-21(27)15-6-8-17(9-7-15)25-20(26)16-10-12-23-19(13-16)24-14-18-5-3-4-11-22-18/h3-13H,2,14H2,1H3,(H,23,24)(H,25,26). The van der Waals surface area contributed by atoms with E-state index in [1.54, 1.807) is 55.7 Å². The fourth-order valence-electron chi connectivity index (χ4n) is 2.46. The summed E-state index contributed by atoms with van der Waals surface area (Å²) in [4.78, 5) is 32.6. The minimum Gasteiger partial charge on any atom is -0.462 e. The minimum absolute atomic E-state index is 0.271. The first-order valence-electron chi connectivity index (χ1n) is 8.84. The number of rotatable bonds is 7. The zero-order valence-electron chi connectivity index (χ0n) is 15.4. The minimum atomic E-state index is -0.391. The highest BCUT2D eigenvalue weighted by Crippen LogP contribution is 2.14.